The number of rotatable bonds is 6. The normalized spacial score (nSPS) is 11.3. The van der Waals surface area contributed by atoms with Crippen LogP contribution in [0.1, 0.15) is 5.82 Å². The minimum absolute atomic E-state index is 0.0565. The molecule has 3 rings (SSSR count). The Morgan fingerprint density at radius 2 is 1.90 bits per heavy atom. The maximum Gasteiger partial charge on any atom is 0.449 e. The molecule has 0 saturated heterocycles. The van der Waals surface area contributed by atoms with Gasteiger partial charge in [-0.25, -0.2) is 4.98 Å². The number of anilines is 1. The van der Waals surface area contributed by atoms with Crippen molar-refractivity contribution in [2.24, 2.45) is 0 Å². The number of fused-ring (bicyclic) bond motifs is 1. The summed E-state index contributed by atoms with van der Waals surface area (Å²) in [6, 6.07) is 10.8. The molecule has 0 bridgehead atoms. The Morgan fingerprint density at radius 3 is 2.60 bits per heavy atom. The Kier molecular flexibility index (Phi) is 5.67. The zero-order valence-corrected chi connectivity index (χ0v) is 15.0. The standard InChI is InChI=1S/C18H13F3N4O5/c19-18(20,21)17-23-13-6-1-2-7-14(13)24(17)9-16(27)30-10-15(26)22-11-4-3-5-12(8-11)25(28)29/h1-8H,9-10H2,(H,22,26). The van der Waals surface area contributed by atoms with Crippen LogP contribution in [0.2, 0.25) is 0 Å². The fourth-order valence-corrected chi connectivity index (χ4v) is 2.67. The van der Waals surface area contributed by atoms with Crippen LogP contribution in [0.5, 0.6) is 0 Å². The first kappa shape index (κ1) is 20.8. The average Bonchev–Trinajstić information content (AvgIpc) is 3.05. The fraction of sp³-hybridized carbons (Fsp3) is 0.167. The van der Waals surface area contributed by atoms with E-state index in [4.69, 9.17) is 4.74 Å². The molecule has 0 saturated carbocycles. The van der Waals surface area contributed by atoms with E-state index >= 15 is 0 Å². The Balaban J connectivity index is 1.66. The maximum absolute atomic E-state index is 13.2. The molecule has 0 unspecified atom stereocenters. The number of nitrogens with one attached hydrogen (secondary N) is 1. The summed E-state index contributed by atoms with van der Waals surface area (Å²) in [5.74, 6) is -3.16. The first-order chi connectivity index (χ1) is 14.1. The van der Waals surface area contributed by atoms with Crippen molar-refractivity contribution in [3.8, 4) is 0 Å². The van der Waals surface area contributed by atoms with E-state index in [9.17, 15) is 32.9 Å². The third-order valence-electron chi connectivity index (χ3n) is 3.90. The third-order valence-corrected chi connectivity index (χ3v) is 3.90. The number of para-hydroxylation sites is 2. The second kappa shape index (κ2) is 8.19. The zero-order valence-electron chi connectivity index (χ0n) is 15.0. The minimum Gasteiger partial charge on any atom is -0.454 e. The Hall–Kier alpha value is -3.96. The molecule has 12 heteroatoms. The molecule has 9 nitrogen and oxygen atoms in total. The van der Waals surface area contributed by atoms with E-state index in [0.29, 0.717) is 4.57 Å². The number of benzene rings is 2. The molecule has 1 heterocycles. The number of aromatic nitrogens is 2. The van der Waals surface area contributed by atoms with Crippen LogP contribution >= 0.6 is 0 Å². The number of hydrogen-bond donors (Lipinski definition) is 1. The van der Waals surface area contributed by atoms with Gasteiger partial charge in [0.15, 0.2) is 6.61 Å². The van der Waals surface area contributed by atoms with Crippen LogP contribution < -0.4 is 5.32 Å². The topological polar surface area (TPSA) is 116 Å². The molecule has 30 heavy (non-hydrogen) atoms. The van der Waals surface area contributed by atoms with E-state index in [2.05, 4.69) is 10.3 Å². The minimum atomic E-state index is -4.79. The van der Waals surface area contributed by atoms with Crippen molar-refractivity contribution in [1.82, 2.24) is 9.55 Å². The van der Waals surface area contributed by atoms with Gasteiger partial charge in [0, 0.05) is 17.8 Å². The summed E-state index contributed by atoms with van der Waals surface area (Å²) in [5.41, 5.74) is -0.00877. The van der Waals surface area contributed by atoms with Gasteiger partial charge in [-0.1, -0.05) is 18.2 Å². The van der Waals surface area contributed by atoms with Gasteiger partial charge in [-0.05, 0) is 18.2 Å². The lowest BCUT2D eigenvalue weighted by molar-refractivity contribution is -0.384. The van der Waals surface area contributed by atoms with Crippen molar-refractivity contribution in [3.63, 3.8) is 0 Å². The van der Waals surface area contributed by atoms with Gasteiger partial charge in [-0.3, -0.25) is 19.7 Å². The number of halogens is 3. The molecule has 0 atom stereocenters. The highest BCUT2D eigenvalue weighted by molar-refractivity contribution is 5.93. The Labute approximate surface area is 166 Å². The lowest BCUT2D eigenvalue weighted by Gasteiger charge is -2.11. The Bertz CT molecular complexity index is 1130. The van der Waals surface area contributed by atoms with E-state index in [0.717, 1.165) is 6.07 Å². The first-order valence-corrected chi connectivity index (χ1v) is 8.37. The van der Waals surface area contributed by atoms with Gasteiger partial charge in [-0.15, -0.1) is 0 Å². The summed E-state index contributed by atoms with van der Waals surface area (Å²) in [6.07, 6.45) is -4.79. The molecule has 1 N–H and O–H groups in total. The largest absolute Gasteiger partial charge is 0.454 e. The van der Waals surface area contributed by atoms with Crippen LogP contribution in [-0.2, 0) is 27.0 Å². The van der Waals surface area contributed by atoms with Crippen molar-refractivity contribution in [2.75, 3.05) is 11.9 Å². The summed E-state index contributed by atoms with van der Waals surface area (Å²) in [6.45, 7) is -1.59. The predicted molar refractivity (Wildman–Crippen MR) is 97.4 cm³/mol. The lowest BCUT2D eigenvalue weighted by Crippen LogP contribution is -2.24. The van der Waals surface area contributed by atoms with Crippen LogP contribution in [0.3, 0.4) is 0 Å². The average molecular weight is 422 g/mol. The van der Waals surface area contributed by atoms with Crippen molar-refractivity contribution in [2.45, 2.75) is 12.7 Å². The van der Waals surface area contributed by atoms with Crippen LogP contribution in [0.25, 0.3) is 11.0 Å². The molecule has 0 aliphatic rings. The van der Waals surface area contributed by atoms with Crippen molar-refractivity contribution in [1.29, 1.82) is 0 Å². The molecule has 0 aliphatic carbocycles. The Morgan fingerprint density at radius 1 is 1.17 bits per heavy atom. The maximum atomic E-state index is 13.2. The second-order valence-corrected chi connectivity index (χ2v) is 6.02. The summed E-state index contributed by atoms with van der Waals surface area (Å²) >= 11 is 0. The van der Waals surface area contributed by atoms with Crippen LogP contribution in [0.4, 0.5) is 24.5 Å². The highest BCUT2D eigenvalue weighted by Gasteiger charge is 2.38. The summed E-state index contributed by atoms with van der Waals surface area (Å²) in [5, 5.41) is 13.0. The fourth-order valence-electron chi connectivity index (χ4n) is 2.67. The molecule has 0 spiro atoms. The van der Waals surface area contributed by atoms with Gasteiger partial charge < -0.3 is 14.6 Å². The molecule has 3 aromatic rings. The number of non-ortho nitro benzene ring substituents is 1. The van der Waals surface area contributed by atoms with Gasteiger partial charge in [-0.2, -0.15) is 13.2 Å². The van der Waals surface area contributed by atoms with Crippen LogP contribution in [0, 0.1) is 10.1 Å². The summed E-state index contributed by atoms with van der Waals surface area (Å²) < 4.78 is 45.1. The number of nitro groups is 1. The van der Waals surface area contributed by atoms with Crippen molar-refractivity contribution < 1.29 is 32.4 Å². The van der Waals surface area contributed by atoms with Gasteiger partial charge in [0.25, 0.3) is 11.6 Å². The summed E-state index contributed by atoms with van der Waals surface area (Å²) in [7, 11) is 0. The zero-order chi connectivity index (χ0) is 21.9. The van der Waals surface area contributed by atoms with E-state index in [1.54, 1.807) is 0 Å². The number of imidazole rings is 1. The molecule has 1 aromatic heterocycles. The first-order valence-electron chi connectivity index (χ1n) is 8.37. The monoisotopic (exact) mass is 422 g/mol. The van der Waals surface area contributed by atoms with E-state index < -0.39 is 42.0 Å². The van der Waals surface area contributed by atoms with Crippen LogP contribution in [-0.4, -0.2) is 33.0 Å². The summed E-state index contributed by atoms with van der Waals surface area (Å²) in [4.78, 5) is 37.5. The number of carbonyl (C=O) groups is 2. The number of amides is 1. The van der Waals surface area contributed by atoms with Gasteiger partial charge in [0.05, 0.1) is 16.0 Å². The van der Waals surface area contributed by atoms with Crippen LogP contribution in [0.15, 0.2) is 48.5 Å². The van der Waals surface area contributed by atoms with Gasteiger partial charge in [0.2, 0.25) is 5.82 Å². The molecular formula is C18H13F3N4O5. The number of nitro benzene ring substituents is 1. The molecular weight excluding hydrogens is 409 g/mol. The van der Waals surface area contributed by atoms with E-state index in [-0.39, 0.29) is 22.4 Å². The highest BCUT2D eigenvalue weighted by atomic mass is 19.4. The number of ether oxygens (including phenoxy) is 1. The molecule has 1 amide bonds. The quantitative estimate of drug-likeness (QED) is 0.371. The van der Waals surface area contributed by atoms with Gasteiger partial charge >= 0.3 is 12.1 Å². The lowest BCUT2D eigenvalue weighted by atomic mass is 10.3. The SMILES string of the molecule is O=C(COC(=O)Cn1c(C(F)(F)F)nc2ccccc21)Nc1cccc([N+](=O)[O-])c1. The number of hydrogen-bond acceptors (Lipinski definition) is 6. The van der Waals surface area contributed by atoms with Crippen molar-refractivity contribution in [3.05, 3.63) is 64.5 Å². The third kappa shape index (κ3) is 4.71. The highest BCUT2D eigenvalue weighted by Crippen LogP contribution is 2.31. The van der Waals surface area contributed by atoms with E-state index in [1.165, 1.54) is 42.5 Å². The molecule has 0 aliphatic heterocycles. The van der Waals surface area contributed by atoms with Gasteiger partial charge in [0.1, 0.15) is 6.54 Å². The smallest absolute Gasteiger partial charge is 0.449 e. The predicted octanol–water partition coefficient (Wildman–Crippen LogP) is 3.15. The number of alkyl halides is 3. The van der Waals surface area contributed by atoms with E-state index in [1.807, 2.05) is 0 Å². The number of nitrogens with zero attached hydrogens (tertiary/aromatic N) is 3. The second-order valence-electron chi connectivity index (χ2n) is 6.02. The molecule has 0 fully saturated rings. The molecule has 0 radical (unpaired) electrons. The number of esters is 1. The molecule has 2 aromatic carbocycles. The van der Waals surface area contributed by atoms with Crippen molar-refractivity contribution >= 4 is 34.3 Å². The number of carbonyl (C=O) groups excluding carboxylic acids is 2. The molecule has 156 valence electrons.